The Labute approximate surface area is 189 Å². The molecule has 32 heavy (non-hydrogen) atoms. The molecule has 0 bridgehead atoms. The molecule has 2 aromatic rings. The number of nitrogens with one attached hydrogen (secondary N) is 2. The van der Waals surface area contributed by atoms with Crippen LogP contribution >= 0.6 is 0 Å². The number of aromatic nitrogens is 1. The molecule has 2 aliphatic heterocycles. The molecule has 0 atom stereocenters. The minimum absolute atomic E-state index is 0.00340. The van der Waals surface area contributed by atoms with Gasteiger partial charge in [0, 0.05) is 52.0 Å². The molecule has 170 valence electrons. The molecule has 3 heterocycles. The second kappa shape index (κ2) is 10.9. The van der Waals surface area contributed by atoms with Crippen LogP contribution in [0, 0.1) is 0 Å². The Bertz CT molecular complexity index is 912. The van der Waals surface area contributed by atoms with Crippen LogP contribution in [0.25, 0.3) is 0 Å². The van der Waals surface area contributed by atoms with Gasteiger partial charge in [-0.3, -0.25) is 19.7 Å². The predicted octanol–water partition coefficient (Wildman–Crippen LogP) is 2.03. The molecular weight excluding hydrogens is 404 g/mol. The first-order valence-electron chi connectivity index (χ1n) is 11.3. The maximum absolute atomic E-state index is 12.3. The van der Waals surface area contributed by atoms with Gasteiger partial charge in [0.15, 0.2) is 12.6 Å². The lowest BCUT2D eigenvalue weighted by Gasteiger charge is -2.33. The number of carbonyl (C=O) groups excluding carboxylic acids is 1. The average Bonchev–Trinajstić information content (AvgIpc) is 2.84. The number of guanidine groups is 1. The molecule has 2 aliphatic rings. The van der Waals surface area contributed by atoms with Crippen LogP contribution in [0.15, 0.2) is 53.7 Å². The van der Waals surface area contributed by atoms with Crippen LogP contribution < -0.4 is 20.3 Å². The van der Waals surface area contributed by atoms with E-state index in [1.807, 2.05) is 47.5 Å². The number of amides is 1. The molecule has 1 aromatic heterocycles. The molecular formula is C24H32N6O2. The maximum atomic E-state index is 12.3. The Morgan fingerprint density at radius 3 is 2.78 bits per heavy atom. The van der Waals surface area contributed by atoms with Gasteiger partial charge in [-0.25, -0.2) is 0 Å². The van der Waals surface area contributed by atoms with Crippen LogP contribution in [0.4, 0.5) is 5.69 Å². The monoisotopic (exact) mass is 436 g/mol. The average molecular weight is 437 g/mol. The second-order valence-corrected chi connectivity index (χ2v) is 8.17. The van der Waals surface area contributed by atoms with E-state index >= 15 is 0 Å². The first-order valence-corrected chi connectivity index (χ1v) is 11.3. The van der Waals surface area contributed by atoms with Crippen molar-refractivity contribution in [1.29, 1.82) is 0 Å². The molecule has 0 radical (unpaired) electrons. The predicted molar refractivity (Wildman–Crippen MR) is 126 cm³/mol. The number of aliphatic imine (C=N–C) groups is 1. The van der Waals surface area contributed by atoms with Crippen LogP contribution in [0.1, 0.15) is 25.0 Å². The zero-order chi connectivity index (χ0) is 22.2. The van der Waals surface area contributed by atoms with E-state index in [0.717, 1.165) is 68.5 Å². The van der Waals surface area contributed by atoms with Gasteiger partial charge in [0.25, 0.3) is 5.91 Å². The summed E-state index contributed by atoms with van der Waals surface area (Å²) in [6.45, 7) is 4.49. The van der Waals surface area contributed by atoms with E-state index in [2.05, 4.69) is 31.6 Å². The van der Waals surface area contributed by atoms with Crippen molar-refractivity contribution in [3.8, 4) is 5.75 Å². The van der Waals surface area contributed by atoms with Crippen LogP contribution in [0.5, 0.6) is 5.75 Å². The zero-order valence-corrected chi connectivity index (χ0v) is 18.7. The Kier molecular flexibility index (Phi) is 7.55. The zero-order valence-electron chi connectivity index (χ0n) is 18.7. The molecule has 0 aliphatic carbocycles. The summed E-state index contributed by atoms with van der Waals surface area (Å²) in [5.41, 5.74) is 1.97. The number of hydrogen-bond donors (Lipinski definition) is 2. The quantitative estimate of drug-likeness (QED) is 0.393. The summed E-state index contributed by atoms with van der Waals surface area (Å²) in [5, 5.41) is 6.94. The van der Waals surface area contributed by atoms with Crippen molar-refractivity contribution >= 4 is 17.6 Å². The lowest BCUT2D eigenvalue weighted by Crippen LogP contribution is -2.49. The number of ether oxygens (including phenoxy) is 1. The number of para-hydroxylation sites is 2. The summed E-state index contributed by atoms with van der Waals surface area (Å²) in [6, 6.07) is 14.2. The van der Waals surface area contributed by atoms with Crippen LogP contribution in [-0.4, -0.2) is 67.6 Å². The highest BCUT2D eigenvalue weighted by Gasteiger charge is 2.24. The van der Waals surface area contributed by atoms with Gasteiger partial charge in [-0.05, 0) is 43.5 Å². The Morgan fingerprint density at radius 2 is 2.00 bits per heavy atom. The number of likely N-dealkylation sites (tertiary alicyclic amines) is 1. The first-order chi connectivity index (χ1) is 15.7. The van der Waals surface area contributed by atoms with E-state index in [1.54, 1.807) is 7.05 Å². The second-order valence-electron chi connectivity index (χ2n) is 8.17. The van der Waals surface area contributed by atoms with Crippen LogP contribution in [0.2, 0.25) is 0 Å². The third-order valence-corrected chi connectivity index (χ3v) is 5.92. The lowest BCUT2D eigenvalue weighted by atomic mass is 10.0. The Hall–Kier alpha value is -3.13. The SMILES string of the molecule is CN=C(NCCCN1C(=O)COc2ccccc21)NC1CCN(Cc2ccccn2)CC1. The summed E-state index contributed by atoms with van der Waals surface area (Å²) in [7, 11) is 1.80. The number of nitrogens with zero attached hydrogens (tertiary/aromatic N) is 4. The van der Waals surface area contributed by atoms with E-state index in [9.17, 15) is 4.79 Å². The van der Waals surface area contributed by atoms with E-state index in [-0.39, 0.29) is 12.5 Å². The van der Waals surface area contributed by atoms with Crippen molar-refractivity contribution < 1.29 is 9.53 Å². The number of pyridine rings is 1. The van der Waals surface area contributed by atoms with Gasteiger partial charge in [0.1, 0.15) is 5.75 Å². The molecule has 1 fully saturated rings. The number of rotatable bonds is 7. The lowest BCUT2D eigenvalue weighted by molar-refractivity contribution is -0.121. The number of benzene rings is 1. The first kappa shape index (κ1) is 22.1. The highest BCUT2D eigenvalue weighted by Crippen LogP contribution is 2.31. The standard InChI is InChI=1S/C24H32N6O2/c1-25-24(28-19-10-15-29(16-11-19)17-20-7-4-5-12-26-20)27-13-6-14-30-21-8-2-3-9-22(21)32-18-23(30)31/h2-5,7-9,12,19H,6,10-11,13-18H2,1H3,(H2,25,27,28). The molecule has 2 N–H and O–H groups in total. The number of piperidine rings is 1. The van der Waals surface area contributed by atoms with Crippen LogP contribution in [-0.2, 0) is 11.3 Å². The van der Waals surface area contributed by atoms with Crippen molar-refractivity contribution in [2.24, 2.45) is 4.99 Å². The molecule has 8 heteroatoms. The third-order valence-electron chi connectivity index (χ3n) is 5.92. The maximum Gasteiger partial charge on any atom is 0.265 e. The molecule has 4 rings (SSSR count). The van der Waals surface area contributed by atoms with E-state index in [4.69, 9.17) is 4.74 Å². The van der Waals surface area contributed by atoms with Crippen molar-refractivity contribution in [2.75, 3.05) is 44.7 Å². The molecule has 0 saturated carbocycles. The molecule has 1 amide bonds. The fourth-order valence-electron chi connectivity index (χ4n) is 4.19. The van der Waals surface area contributed by atoms with Crippen molar-refractivity contribution in [3.05, 3.63) is 54.4 Å². The molecule has 8 nitrogen and oxygen atoms in total. The van der Waals surface area contributed by atoms with Gasteiger partial charge >= 0.3 is 0 Å². The minimum Gasteiger partial charge on any atom is -0.482 e. The van der Waals surface area contributed by atoms with Gasteiger partial charge in [0.2, 0.25) is 0 Å². The summed E-state index contributed by atoms with van der Waals surface area (Å²) >= 11 is 0. The fourth-order valence-corrected chi connectivity index (χ4v) is 4.19. The van der Waals surface area contributed by atoms with Gasteiger partial charge in [-0.1, -0.05) is 18.2 Å². The van der Waals surface area contributed by atoms with Gasteiger partial charge in [-0.2, -0.15) is 0 Å². The minimum atomic E-state index is 0.00340. The van der Waals surface area contributed by atoms with E-state index < -0.39 is 0 Å². The number of carbonyl (C=O) groups is 1. The Morgan fingerprint density at radius 1 is 1.19 bits per heavy atom. The highest BCUT2D eigenvalue weighted by molar-refractivity contribution is 5.97. The highest BCUT2D eigenvalue weighted by atomic mass is 16.5. The summed E-state index contributed by atoms with van der Waals surface area (Å²) in [4.78, 5) is 25.4. The van der Waals surface area contributed by atoms with Gasteiger partial charge in [0.05, 0.1) is 11.4 Å². The molecule has 0 unspecified atom stereocenters. The summed E-state index contributed by atoms with van der Waals surface area (Å²) in [6.07, 6.45) is 4.83. The van der Waals surface area contributed by atoms with Crippen molar-refractivity contribution in [1.82, 2.24) is 20.5 Å². The van der Waals surface area contributed by atoms with E-state index in [0.29, 0.717) is 12.6 Å². The summed E-state index contributed by atoms with van der Waals surface area (Å²) < 4.78 is 5.51. The van der Waals surface area contributed by atoms with Crippen molar-refractivity contribution in [2.45, 2.75) is 31.8 Å². The molecule has 1 saturated heterocycles. The van der Waals surface area contributed by atoms with Gasteiger partial charge in [-0.15, -0.1) is 0 Å². The topological polar surface area (TPSA) is 82.1 Å². The van der Waals surface area contributed by atoms with E-state index in [1.165, 1.54) is 0 Å². The molecule has 1 aromatic carbocycles. The largest absolute Gasteiger partial charge is 0.482 e. The normalized spacial score (nSPS) is 17.6. The van der Waals surface area contributed by atoms with Crippen molar-refractivity contribution in [3.63, 3.8) is 0 Å². The smallest absolute Gasteiger partial charge is 0.265 e. The number of fused-ring (bicyclic) bond motifs is 1. The fraction of sp³-hybridized carbons (Fsp3) is 0.458. The van der Waals surface area contributed by atoms with Gasteiger partial charge < -0.3 is 20.3 Å². The molecule has 0 spiro atoms. The third kappa shape index (κ3) is 5.76. The number of hydrogen-bond acceptors (Lipinski definition) is 5. The van der Waals surface area contributed by atoms with Crippen LogP contribution in [0.3, 0.4) is 0 Å². The number of anilines is 1. The Balaban J connectivity index is 1.17. The summed E-state index contributed by atoms with van der Waals surface area (Å²) in [5.74, 6) is 1.59.